The second-order valence-corrected chi connectivity index (χ2v) is 7.07. The molecule has 1 aliphatic heterocycles. The van der Waals surface area contributed by atoms with Crippen molar-refractivity contribution >= 4 is 40.7 Å². The Morgan fingerprint density at radius 2 is 2.00 bits per heavy atom. The minimum atomic E-state index is -4.48. The number of amides is 1. The molecule has 1 aliphatic rings. The van der Waals surface area contributed by atoms with E-state index >= 15 is 0 Å². The van der Waals surface area contributed by atoms with Gasteiger partial charge in [-0.15, -0.1) is 11.3 Å². The fourth-order valence-electron chi connectivity index (χ4n) is 2.60. The number of thiophene rings is 1. The molecule has 2 aromatic heterocycles. The Labute approximate surface area is 157 Å². The summed E-state index contributed by atoms with van der Waals surface area (Å²) in [7, 11) is 0. The Morgan fingerprint density at radius 1 is 1.27 bits per heavy atom. The molecule has 1 fully saturated rings. The van der Waals surface area contributed by atoms with Crippen molar-refractivity contribution in [2.45, 2.75) is 6.18 Å². The normalized spacial score (nSPS) is 15.7. The number of anilines is 1. The molecule has 3 rings (SSSR count). The van der Waals surface area contributed by atoms with E-state index in [1.54, 1.807) is 27.2 Å². The number of aromatic nitrogens is 1. The molecule has 9 heteroatoms. The lowest BCUT2D eigenvalue weighted by Crippen LogP contribution is -2.48. The third-order valence-corrected chi connectivity index (χ3v) is 5.09. The minimum absolute atomic E-state index is 0.0443. The molecule has 1 saturated heterocycles. The van der Waals surface area contributed by atoms with Gasteiger partial charge in [0.25, 0.3) is 0 Å². The van der Waals surface area contributed by atoms with Gasteiger partial charge in [0.2, 0.25) is 5.91 Å². The molecule has 26 heavy (non-hydrogen) atoms. The van der Waals surface area contributed by atoms with Crippen LogP contribution < -0.4 is 4.90 Å². The SMILES string of the molecule is O=C(/C=C/c1cccs1)N1CCN(c2ncc(C(F)(F)F)cc2Cl)CC1. The van der Waals surface area contributed by atoms with Crippen molar-refractivity contribution < 1.29 is 18.0 Å². The molecule has 0 bridgehead atoms. The van der Waals surface area contributed by atoms with Crippen LogP contribution in [0.1, 0.15) is 10.4 Å². The average Bonchev–Trinajstić information content (AvgIpc) is 3.12. The maximum absolute atomic E-state index is 12.7. The van der Waals surface area contributed by atoms with Crippen LogP contribution in [0.4, 0.5) is 19.0 Å². The van der Waals surface area contributed by atoms with E-state index in [1.807, 2.05) is 17.5 Å². The molecule has 138 valence electrons. The van der Waals surface area contributed by atoms with Gasteiger partial charge in [-0.1, -0.05) is 17.7 Å². The fraction of sp³-hybridized carbons (Fsp3) is 0.294. The standard InChI is InChI=1S/C17H15ClF3N3OS/c18-14-10-12(17(19,20)21)11-22-16(14)24-7-5-23(6-8-24)15(25)4-3-13-2-1-9-26-13/h1-4,9-11H,5-8H2/b4-3+. The van der Waals surface area contributed by atoms with Crippen molar-refractivity contribution in [3.8, 4) is 0 Å². The number of carbonyl (C=O) groups is 1. The highest BCUT2D eigenvalue weighted by atomic mass is 35.5. The zero-order valence-electron chi connectivity index (χ0n) is 13.5. The monoisotopic (exact) mass is 401 g/mol. The van der Waals surface area contributed by atoms with Crippen LogP contribution in [-0.4, -0.2) is 42.0 Å². The van der Waals surface area contributed by atoms with Crippen molar-refractivity contribution in [1.29, 1.82) is 0 Å². The first-order valence-electron chi connectivity index (χ1n) is 7.83. The fourth-order valence-corrected chi connectivity index (χ4v) is 3.51. The maximum atomic E-state index is 12.7. The van der Waals surface area contributed by atoms with Crippen LogP contribution in [-0.2, 0) is 11.0 Å². The lowest BCUT2D eigenvalue weighted by Gasteiger charge is -2.35. The average molecular weight is 402 g/mol. The first-order chi connectivity index (χ1) is 12.3. The molecule has 4 nitrogen and oxygen atoms in total. The molecule has 0 saturated carbocycles. The number of hydrogen-bond acceptors (Lipinski definition) is 4. The summed E-state index contributed by atoms with van der Waals surface area (Å²) < 4.78 is 38.1. The topological polar surface area (TPSA) is 36.4 Å². The third-order valence-electron chi connectivity index (χ3n) is 3.97. The number of alkyl halides is 3. The Bertz CT molecular complexity index is 800. The van der Waals surface area contributed by atoms with E-state index in [1.165, 1.54) is 6.08 Å². The van der Waals surface area contributed by atoms with Crippen LogP contribution in [0, 0.1) is 0 Å². The number of halogens is 4. The Morgan fingerprint density at radius 3 is 2.58 bits per heavy atom. The van der Waals surface area contributed by atoms with Gasteiger partial charge in [0.15, 0.2) is 0 Å². The molecular formula is C17H15ClF3N3OS. The van der Waals surface area contributed by atoms with Gasteiger partial charge >= 0.3 is 6.18 Å². The van der Waals surface area contributed by atoms with Gasteiger partial charge in [0, 0.05) is 43.3 Å². The predicted molar refractivity (Wildman–Crippen MR) is 96.4 cm³/mol. The van der Waals surface area contributed by atoms with Gasteiger partial charge in [-0.25, -0.2) is 4.98 Å². The molecule has 2 aromatic rings. The predicted octanol–water partition coefficient (Wildman–Crippen LogP) is 4.18. The van der Waals surface area contributed by atoms with Crippen molar-refractivity contribution in [2.24, 2.45) is 0 Å². The first kappa shape index (κ1) is 18.7. The smallest absolute Gasteiger partial charge is 0.352 e. The number of pyridine rings is 1. The molecule has 1 amide bonds. The lowest BCUT2D eigenvalue weighted by atomic mass is 10.2. The summed E-state index contributed by atoms with van der Waals surface area (Å²) in [5.41, 5.74) is -0.876. The van der Waals surface area contributed by atoms with Crippen LogP contribution in [0.5, 0.6) is 0 Å². The second kappa shape index (κ2) is 7.67. The number of rotatable bonds is 3. The van der Waals surface area contributed by atoms with Gasteiger partial charge in [-0.3, -0.25) is 4.79 Å². The molecule has 0 atom stereocenters. The van der Waals surface area contributed by atoms with Crippen LogP contribution in [0.15, 0.2) is 35.9 Å². The highest BCUT2D eigenvalue weighted by molar-refractivity contribution is 7.10. The van der Waals surface area contributed by atoms with Gasteiger partial charge in [-0.05, 0) is 23.6 Å². The molecule has 3 heterocycles. The second-order valence-electron chi connectivity index (χ2n) is 5.69. The summed E-state index contributed by atoms with van der Waals surface area (Å²) in [6.45, 7) is 1.81. The Kier molecular flexibility index (Phi) is 5.52. The summed E-state index contributed by atoms with van der Waals surface area (Å²) in [5.74, 6) is 0.213. The molecule has 0 N–H and O–H groups in total. The maximum Gasteiger partial charge on any atom is 0.417 e. The van der Waals surface area contributed by atoms with Crippen LogP contribution in [0.25, 0.3) is 6.08 Å². The highest BCUT2D eigenvalue weighted by Crippen LogP contribution is 2.33. The number of nitrogens with zero attached hydrogens (tertiary/aromatic N) is 3. The first-order valence-corrected chi connectivity index (χ1v) is 9.08. The van der Waals surface area contributed by atoms with Gasteiger partial charge in [0.05, 0.1) is 10.6 Å². The molecule has 0 spiro atoms. The van der Waals surface area contributed by atoms with E-state index in [0.717, 1.165) is 17.1 Å². The van der Waals surface area contributed by atoms with Gasteiger partial charge in [0.1, 0.15) is 5.82 Å². The molecule has 0 radical (unpaired) electrons. The molecular weight excluding hydrogens is 387 g/mol. The van der Waals surface area contributed by atoms with Crippen molar-refractivity contribution in [3.05, 3.63) is 51.3 Å². The van der Waals surface area contributed by atoms with Gasteiger partial charge in [-0.2, -0.15) is 13.2 Å². The highest BCUT2D eigenvalue weighted by Gasteiger charge is 2.32. The van der Waals surface area contributed by atoms with Crippen LogP contribution in [0.3, 0.4) is 0 Å². The number of hydrogen-bond donors (Lipinski definition) is 0. The number of piperazine rings is 1. The van der Waals surface area contributed by atoms with Crippen molar-refractivity contribution in [1.82, 2.24) is 9.88 Å². The van der Waals surface area contributed by atoms with Crippen LogP contribution in [0.2, 0.25) is 5.02 Å². The molecule has 0 unspecified atom stereocenters. The van der Waals surface area contributed by atoms with Crippen molar-refractivity contribution in [2.75, 3.05) is 31.1 Å². The Balaban J connectivity index is 1.61. The largest absolute Gasteiger partial charge is 0.417 e. The minimum Gasteiger partial charge on any atom is -0.352 e. The van der Waals surface area contributed by atoms with E-state index in [9.17, 15) is 18.0 Å². The third kappa shape index (κ3) is 4.37. The van der Waals surface area contributed by atoms with E-state index < -0.39 is 11.7 Å². The van der Waals surface area contributed by atoms with Gasteiger partial charge < -0.3 is 9.80 Å². The summed E-state index contributed by atoms with van der Waals surface area (Å²) in [5, 5.41) is 1.89. The van der Waals surface area contributed by atoms with Crippen LogP contribution >= 0.6 is 22.9 Å². The molecule has 0 aromatic carbocycles. The van der Waals surface area contributed by atoms with E-state index in [2.05, 4.69) is 4.98 Å². The molecule has 0 aliphatic carbocycles. The van der Waals surface area contributed by atoms with E-state index in [-0.39, 0.29) is 10.9 Å². The lowest BCUT2D eigenvalue weighted by molar-refractivity contribution is -0.137. The zero-order valence-corrected chi connectivity index (χ0v) is 15.1. The van der Waals surface area contributed by atoms with E-state index in [4.69, 9.17) is 11.6 Å². The zero-order chi connectivity index (χ0) is 18.7. The van der Waals surface area contributed by atoms with E-state index in [0.29, 0.717) is 32.0 Å². The summed E-state index contributed by atoms with van der Waals surface area (Å²) in [6.07, 6.45) is -0.393. The number of carbonyl (C=O) groups excluding carboxylic acids is 1. The summed E-state index contributed by atoms with van der Waals surface area (Å²) >= 11 is 7.52. The summed E-state index contributed by atoms with van der Waals surface area (Å²) in [6, 6.07) is 4.71. The van der Waals surface area contributed by atoms with Crippen molar-refractivity contribution in [3.63, 3.8) is 0 Å². The summed E-state index contributed by atoms with van der Waals surface area (Å²) in [4.78, 5) is 20.6. The quantitative estimate of drug-likeness (QED) is 0.724. The Hall–Kier alpha value is -2.06.